The molecule has 1 N–H and O–H groups in total. The van der Waals surface area contributed by atoms with Gasteiger partial charge in [-0.05, 0) is 44.2 Å². The molecule has 0 bridgehead atoms. The molecule has 0 saturated carbocycles. The number of halogens is 3. The molecule has 2 aromatic rings. The maximum Gasteiger partial charge on any atom is 0.417 e. The molecule has 1 aliphatic heterocycles. The molecule has 2 aromatic carbocycles. The zero-order valence-corrected chi connectivity index (χ0v) is 17.3. The maximum atomic E-state index is 13.3. The van der Waals surface area contributed by atoms with E-state index >= 15 is 0 Å². The second-order valence-corrected chi connectivity index (χ2v) is 7.58. The lowest BCUT2D eigenvalue weighted by molar-refractivity contribution is -0.384. The van der Waals surface area contributed by atoms with Gasteiger partial charge in [-0.1, -0.05) is 0 Å². The number of anilines is 2. The lowest BCUT2D eigenvalue weighted by Crippen LogP contribution is -2.59. The van der Waals surface area contributed by atoms with Crippen molar-refractivity contribution in [1.29, 1.82) is 5.26 Å². The Morgan fingerprint density at radius 2 is 1.81 bits per heavy atom. The van der Waals surface area contributed by atoms with E-state index in [0.717, 1.165) is 12.1 Å². The van der Waals surface area contributed by atoms with Gasteiger partial charge < -0.3 is 15.1 Å². The molecule has 2 amide bonds. The third-order valence-electron chi connectivity index (χ3n) is 5.34. The molecule has 0 radical (unpaired) electrons. The lowest BCUT2D eigenvalue weighted by Gasteiger charge is -2.45. The Morgan fingerprint density at radius 1 is 1.16 bits per heavy atom. The highest BCUT2D eigenvalue weighted by molar-refractivity contribution is 5.90. The topological polar surface area (TPSA) is 103 Å². The van der Waals surface area contributed by atoms with E-state index in [-0.39, 0.29) is 30.9 Å². The van der Waals surface area contributed by atoms with Crippen LogP contribution in [0.4, 0.5) is 35.0 Å². The van der Waals surface area contributed by atoms with Crippen molar-refractivity contribution in [1.82, 2.24) is 4.90 Å². The summed E-state index contributed by atoms with van der Waals surface area (Å²) in [7, 11) is 0. The minimum absolute atomic E-state index is 0.0979. The van der Waals surface area contributed by atoms with E-state index in [0.29, 0.717) is 11.4 Å². The SMILES string of the molecule is C[C@@H]1CN(c2ccc(C#N)c(C(F)(F)F)c2)[C@@H](C)CN1C(=O)Nc1ccc([N+](=O)[O-])cc1. The number of rotatable bonds is 3. The summed E-state index contributed by atoms with van der Waals surface area (Å²) < 4.78 is 40.0. The van der Waals surface area contributed by atoms with Crippen molar-refractivity contribution in [3.63, 3.8) is 0 Å². The van der Waals surface area contributed by atoms with E-state index in [9.17, 15) is 28.1 Å². The number of amides is 2. The molecule has 0 spiro atoms. The first-order chi connectivity index (χ1) is 15.0. The van der Waals surface area contributed by atoms with Gasteiger partial charge in [0, 0.05) is 48.7 Å². The number of non-ortho nitro benzene ring substituents is 1. The number of nitrogens with zero attached hydrogens (tertiary/aromatic N) is 4. The lowest BCUT2D eigenvalue weighted by atomic mass is 10.0. The summed E-state index contributed by atoms with van der Waals surface area (Å²) in [4.78, 5) is 26.3. The second kappa shape index (κ2) is 8.74. The van der Waals surface area contributed by atoms with Gasteiger partial charge in [-0.3, -0.25) is 10.1 Å². The molecule has 0 unspecified atom stereocenters. The Balaban J connectivity index is 1.74. The predicted molar refractivity (Wildman–Crippen MR) is 111 cm³/mol. The van der Waals surface area contributed by atoms with Crippen LogP contribution in [0.5, 0.6) is 0 Å². The standard InChI is InChI=1S/C21H20F3N5O3/c1-13-12-28(20(30)26-16-4-7-17(8-5-16)29(31)32)14(2)11-27(13)18-6-3-15(10-25)19(9-18)21(22,23)24/h3-9,13-14H,11-12H2,1-2H3,(H,26,30)/t13-,14+/m0/s1. The summed E-state index contributed by atoms with van der Waals surface area (Å²) >= 11 is 0. The summed E-state index contributed by atoms with van der Waals surface area (Å²) in [5.41, 5.74) is -0.811. The molecule has 1 aliphatic rings. The number of hydrogen-bond acceptors (Lipinski definition) is 5. The fraction of sp³-hybridized carbons (Fsp3) is 0.333. The molecule has 3 rings (SSSR count). The number of nitrogens with one attached hydrogen (secondary N) is 1. The predicted octanol–water partition coefficient (Wildman–Crippen LogP) is 4.62. The molecule has 1 heterocycles. The van der Waals surface area contributed by atoms with Crippen LogP contribution in [0, 0.1) is 21.4 Å². The van der Waals surface area contributed by atoms with E-state index in [1.807, 2.05) is 0 Å². The van der Waals surface area contributed by atoms with Crippen molar-refractivity contribution in [2.45, 2.75) is 32.1 Å². The van der Waals surface area contributed by atoms with Crippen LogP contribution in [0.1, 0.15) is 25.0 Å². The van der Waals surface area contributed by atoms with Gasteiger partial charge >= 0.3 is 12.2 Å². The number of nitro groups is 1. The van der Waals surface area contributed by atoms with Crippen molar-refractivity contribution >= 4 is 23.1 Å². The fourth-order valence-electron chi connectivity index (χ4n) is 3.67. The van der Waals surface area contributed by atoms with Crippen molar-refractivity contribution in [2.24, 2.45) is 0 Å². The number of carbonyl (C=O) groups is 1. The summed E-state index contributed by atoms with van der Waals surface area (Å²) in [6, 6.07) is 9.56. The van der Waals surface area contributed by atoms with Crippen LogP contribution < -0.4 is 10.2 Å². The highest BCUT2D eigenvalue weighted by atomic mass is 19.4. The average molecular weight is 447 g/mol. The molecule has 11 heteroatoms. The largest absolute Gasteiger partial charge is 0.417 e. The van der Waals surface area contributed by atoms with E-state index in [1.165, 1.54) is 30.3 Å². The Bertz CT molecular complexity index is 1070. The van der Waals surface area contributed by atoms with Gasteiger partial charge in [0.2, 0.25) is 0 Å². The van der Waals surface area contributed by atoms with Gasteiger partial charge in [0.25, 0.3) is 5.69 Å². The van der Waals surface area contributed by atoms with Crippen LogP contribution in [0.2, 0.25) is 0 Å². The number of nitro benzene ring substituents is 1. The molecular formula is C21H20F3N5O3. The number of alkyl halides is 3. The Kier molecular flexibility index (Phi) is 6.25. The van der Waals surface area contributed by atoms with Crippen molar-refractivity contribution in [2.75, 3.05) is 23.3 Å². The molecule has 32 heavy (non-hydrogen) atoms. The maximum absolute atomic E-state index is 13.3. The number of hydrogen-bond donors (Lipinski definition) is 1. The van der Waals surface area contributed by atoms with Gasteiger partial charge in [0.1, 0.15) is 0 Å². The molecule has 8 nitrogen and oxygen atoms in total. The van der Waals surface area contributed by atoms with Gasteiger partial charge in [-0.15, -0.1) is 0 Å². The molecular weight excluding hydrogens is 427 g/mol. The van der Waals surface area contributed by atoms with Crippen molar-refractivity contribution in [3.8, 4) is 6.07 Å². The highest BCUT2D eigenvalue weighted by Gasteiger charge is 2.36. The minimum atomic E-state index is -4.65. The first-order valence-electron chi connectivity index (χ1n) is 9.71. The number of piperazine rings is 1. The fourth-order valence-corrected chi connectivity index (χ4v) is 3.67. The van der Waals surface area contributed by atoms with Crippen LogP contribution in [-0.2, 0) is 6.18 Å². The Morgan fingerprint density at radius 3 is 2.38 bits per heavy atom. The number of nitriles is 1. The smallest absolute Gasteiger partial charge is 0.365 e. The highest BCUT2D eigenvalue weighted by Crippen LogP contribution is 2.35. The summed E-state index contributed by atoms with van der Waals surface area (Å²) in [5, 5.41) is 22.4. The third kappa shape index (κ3) is 4.74. The molecule has 168 valence electrons. The number of benzene rings is 2. The van der Waals surface area contributed by atoms with Crippen LogP contribution in [-0.4, -0.2) is 41.0 Å². The van der Waals surface area contributed by atoms with Crippen molar-refractivity contribution in [3.05, 3.63) is 63.7 Å². The zero-order chi connectivity index (χ0) is 23.6. The van der Waals surface area contributed by atoms with Gasteiger partial charge in [-0.2, -0.15) is 18.4 Å². The minimum Gasteiger partial charge on any atom is -0.365 e. The van der Waals surface area contributed by atoms with E-state index < -0.39 is 28.3 Å². The summed E-state index contributed by atoms with van der Waals surface area (Å²) in [6.07, 6.45) is -4.65. The molecule has 1 fully saturated rings. The van der Waals surface area contributed by atoms with Crippen LogP contribution in [0.25, 0.3) is 0 Å². The monoisotopic (exact) mass is 447 g/mol. The normalized spacial score (nSPS) is 18.8. The number of urea groups is 1. The zero-order valence-electron chi connectivity index (χ0n) is 17.3. The first-order valence-corrected chi connectivity index (χ1v) is 9.71. The van der Waals surface area contributed by atoms with Crippen LogP contribution in [0.15, 0.2) is 42.5 Å². The van der Waals surface area contributed by atoms with Gasteiger partial charge in [0.15, 0.2) is 0 Å². The van der Waals surface area contributed by atoms with Crippen molar-refractivity contribution < 1.29 is 22.9 Å². The Hall–Kier alpha value is -3.81. The van der Waals surface area contributed by atoms with E-state index in [1.54, 1.807) is 29.7 Å². The second-order valence-electron chi connectivity index (χ2n) is 7.58. The molecule has 1 saturated heterocycles. The third-order valence-corrected chi connectivity index (χ3v) is 5.34. The quantitative estimate of drug-likeness (QED) is 0.547. The van der Waals surface area contributed by atoms with Crippen LogP contribution in [0.3, 0.4) is 0 Å². The first kappa shape index (κ1) is 22.9. The molecule has 2 atom stereocenters. The molecule has 0 aliphatic carbocycles. The summed E-state index contributed by atoms with van der Waals surface area (Å²) in [6.45, 7) is 4.12. The van der Waals surface area contributed by atoms with Gasteiger partial charge in [0.05, 0.1) is 22.1 Å². The summed E-state index contributed by atoms with van der Waals surface area (Å²) in [5.74, 6) is 0. The molecule has 0 aromatic heterocycles. The van der Waals surface area contributed by atoms with E-state index in [4.69, 9.17) is 5.26 Å². The van der Waals surface area contributed by atoms with Gasteiger partial charge in [-0.25, -0.2) is 4.79 Å². The Labute approximate surface area is 182 Å². The number of carbonyl (C=O) groups excluding carboxylic acids is 1. The average Bonchev–Trinajstić information content (AvgIpc) is 2.74. The van der Waals surface area contributed by atoms with Crippen LogP contribution >= 0.6 is 0 Å². The van der Waals surface area contributed by atoms with E-state index in [2.05, 4.69) is 5.32 Å².